The molecule has 1 aromatic heterocycles. The van der Waals surface area contributed by atoms with Gasteiger partial charge in [0.05, 0.1) is 6.54 Å². The summed E-state index contributed by atoms with van der Waals surface area (Å²) < 4.78 is 29.4. The molecule has 0 saturated heterocycles. The van der Waals surface area contributed by atoms with Gasteiger partial charge in [-0.1, -0.05) is 0 Å². The maximum Gasteiger partial charge on any atom is 0.195 e. The maximum atomic E-state index is 13.7. The van der Waals surface area contributed by atoms with Gasteiger partial charge in [0.1, 0.15) is 17.5 Å². The van der Waals surface area contributed by atoms with Crippen molar-refractivity contribution in [2.45, 2.75) is 31.8 Å². The van der Waals surface area contributed by atoms with Gasteiger partial charge in [-0.25, -0.2) is 8.78 Å². The number of H-pyrrole nitrogens is 1. The molecule has 0 radical (unpaired) electrons. The van der Waals surface area contributed by atoms with Gasteiger partial charge in [-0.05, 0) is 48.7 Å². The SMILES string of the molecule is NCc1n[nH]c(=S)n1[C@H]1CCc2c(F)cc(F)cc2C1. The normalized spacial score (nSPS) is 18.1. The zero-order valence-corrected chi connectivity index (χ0v) is 11.5. The molecule has 0 fully saturated rings. The van der Waals surface area contributed by atoms with Crippen molar-refractivity contribution in [2.75, 3.05) is 0 Å². The van der Waals surface area contributed by atoms with Crippen molar-refractivity contribution >= 4 is 12.2 Å². The van der Waals surface area contributed by atoms with Crippen LogP contribution in [0.1, 0.15) is 29.4 Å². The number of nitrogens with one attached hydrogen (secondary N) is 1. The average molecular weight is 296 g/mol. The van der Waals surface area contributed by atoms with Gasteiger partial charge in [-0.3, -0.25) is 9.67 Å². The predicted molar refractivity (Wildman–Crippen MR) is 72.7 cm³/mol. The Morgan fingerprint density at radius 3 is 3.00 bits per heavy atom. The molecular weight excluding hydrogens is 282 g/mol. The van der Waals surface area contributed by atoms with E-state index >= 15 is 0 Å². The summed E-state index contributed by atoms with van der Waals surface area (Å²) in [5, 5.41) is 6.79. The van der Waals surface area contributed by atoms with Crippen molar-refractivity contribution in [1.29, 1.82) is 0 Å². The molecule has 0 amide bonds. The minimum atomic E-state index is -0.545. The lowest BCUT2D eigenvalue weighted by Gasteiger charge is -2.26. The molecule has 0 aliphatic heterocycles. The van der Waals surface area contributed by atoms with E-state index in [0.717, 1.165) is 12.5 Å². The van der Waals surface area contributed by atoms with Crippen LogP contribution in [0.15, 0.2) is 12.1 Å². The Labute approximate surface area is 119 Å². The quantitative estimate of drug-likeness (QED) is 0.837. The lowest BCUT2D eigenvalue weighted by atomic mass is 9.87. The van der Waals surface area contributed by atoms with Gasteiger partial charge in [-0.15, -0.1) is 0 Å². The third-order valence-electron chi connectivity index (χ3n) is 3.76. The Balaban J connectivity index is 2.00. The minimum absolute atomic E-state index is 0.0356. The summed E-state index contributed by atoms with van der Waals surface area (Å²) >= 11 is 5.21. The number of hydrogen-bond acceptors (Lipinski definition) is 3. The van der Waals surface area contributed by atoms with Crippen molar-refractivity contribution in [3.05, 3.63) is 45.5 Å². The highest BCUT2D eigenvalue weighted by atomic mass is 32.1. The smallest absolute Gasteiger partial charge is 0.195 e. The molecular formula is C13H14F2N4S. The summed E-state index contributed by atoms with van der Waals surface area (Å²) in [5.41, 5.74) is 6.95. The number of halogens is 2. The van der Waals surface area contributed by atoms with E-state index in [1.54, 1.807) is 0 Å². The Morgan fingerprint density at radius 1 is 1.45 bits per heavy atom. The zero-order chi connectivity index (χ0) is 14.3. The first-order valence-electron chi connectivity index (χ1n) is 6.42. The van der Waals surface area contributed by atoms with Gasteiger partial charge < -0.3 is 5.73 Å². The Morgan fingerprint density at radius 2 is 2.25 bits per heavy atom. The van der Waals surface area contributed by atoms with Crippen LogP contribution in [-0.4, -0.2) is 14.8 Å². The van der Waals surface area contributed by atoms with Crippen molar-refractivity contribution in [2.24, 2.45) is 5.73 Å². The first-order valence-corrected chi connectivity index (χ1v) is 6.83. The van der Waals surface area contributed by atoms with Crippen LogP contribution in [0.5, 0.6) is 0 Å². The molecule has 2 aromatic rings. The molecule has 3 rings (SSSR count). The Kier molecular flexibility index (Phi) is 3.39. The van der Waals surface area contributed by atoms with Crippen LogP contribution < -0.4 is 5.73 Å². The van der Waals surface area contributed by atoms with Crippen LogP contribution in [-0.2, 0) is 19.4 Å². The number of aromatic nitrogens is 3. The molecule has 20 heavy (non-hydrogen) atoms. The molecule has 0 saturated carbocycles. The summed E-state index contributed by atoms with van der Waals surface area (Å²) in [6.45, 7) is 0.272. The van der Waals surface area contributed by atoms with E-state index in [4.69, 9.17) is 18.0 Å². The van der Waals surface area contributed by atoms with Gasteiger partial charge in [0.25, 0.3) is 0 Å². The van der Waals surface area contributed by atoms with Crippen molar-refractivity contribution in [3.63, 3.8) is 0 Å². The molecule has 0 spiro atoms. The average Bonchev–Trinajstić information content (AvgIpc) is 2.78. The van der Waals surface area contributed by atoms with E-state index < -0.39 is 11.6 Å². The molecule has 0 unspecified atom stereocenters. The van der Waals surface area contributed by atoms with Crippen LogP contribution in [0.25, 0.3) is 0 Å². The van der Waals surface area contributed by atoms with Crippen LogP contribution >= 0.6 is 12.2 Å². The van der Waals surface area contributed by atoms with E-state index in [-0.39, 0.29) is 12.6 Å². The second-order valence-electron chi connectivity index (χ2n) is 4.94. The molecule has 106 valence electrons. The lowest BCUT2D eigenvalue weighted by Crippen LogP contribution is -2.22. The number of fused-ring (bicyclic) bond motifs is 1. The Hall–Kier alpha value is -1.60. The van der Waals surface area contributed by atoms with E-state index in [1.165, 1.54) is 6.07 Å². The first kappa shape index (κ1) is 13.4. The summed E-state index contributed by atoms with van der Waals surface area (Å²) in [6.07, 6.45) is 1.82. The van der Waals surface area contributed by atoms with Gasteiger partial charge in [-0.2, -0.15) is 5.10 Å². The van der Waals surface area contributed by atoms with Crippen LogP contribution in [0.4, 0.5) is 8.78 Å². The molecule has 7 heteroatoms. The molecule has 1 atom stereocenters. The van der Waals surface area contributed by atoms with Crippen molar-refractivity contribution < 1.29 is 8.78 Å². The van der Waals surface area contributed by atoms with Crippen LogP contribution in [0.3, 0.4) is 0 Å². The highest BCUT2D eigenvalue weighted by molar-refractivity contribution is 7.71. The van der Waals surface area contributed by atoms with Gasteiger partial charge >= 0.3 is 0 Å². The van der Waals surface area contributed by atoms with Crippen LogP contribution in [0, 0.1) is 16.4 Å². The second-order valence-corrected chi connectivity index (χ2v) is 5.33. The number of hydrogen-bond donors (Lipinski definition) is 2. The number of nitrogens with two attached hydrogens (primary N) is 1. The van der Waals surface area contributed by atoms with E-state index in [9.17, 15) is 8.78 Å². The Bertz CT molecular complexity index is 707. The summed E-state index contributed by atoms with van der Waals surface area (Å²) in [6, 6.07) is 2.37. The van der Waals surface area contributed by atoms with Crippen molar-refractivity contribution in [1.82, 2.24) is 14.8 Å². The van der Waals surface area contributed by atoms with Crippen LogP contribution in [0.2, 0.25) is 0 Å². The third kappa shape index (κ3) is 2.16. The number of rotatable bonds is 2. The maximum absolute atomic E-state index is 13.7. The summed E-state index contributed by atoms with van der Waals surface area (Å²) in [7, 11) is 0. The molecule has 1 aliphatic rings. The monoisotopic (exact) mass is 296 g/mol. The molecule has 1 heterocycles. The zero-order valence-electron chi connectivity index (χ0n) is 10.7. The van der Waals surface area contributed by atoms with E-state index in [0.29, 0.717) is 34.6 Å². The fourth-order valence-electron chi connectivity index (χ4n) is 2.86. The second kappa shape index (κ2) is 5.06. The fourth-order valence-corrected chi connectivity index (χ4v) is 3.16. The minimum Gasteiger partial charge on any atom is -0.324 e. The van der Waals surface area contributed by atoms with Gasteiger partial charge in [0, 0.05) is 12.1 Å². The fraction of sp³-hybridized carbons (Fsp3) is 0.385. The highest BCUT2D eigenvalue weighted by Gasteiger charge is 2.25. The number of nitrogens with zero attached hydrogens (tertiary/aromatic N) is 2. The largest absolute Gasteiger partial charge is 0.324 e. The lowest BCUT2D eigenvalue weighted by molar-refractivity contribution is 0.414. The topological polar surface area (TPSA) is 59.6 Å². The first-order chi connectivity index (χ1) is 9.60. The summed E-state index contributed by atoms with van der Waals surface area (Å²) in [4.78, 5) is 0. The van der Waals surface area contributed by atoms with Gasteiger partial charge in [0.2, 0.25) is 0 Å². The standard InChI is InChI=1S/C13H14F2N4S/c14-8-3-7-4-9(1-2-10(7)11(15)5-8)19-12(6-16)17-18-13(19)20/h3,5,9H,1-2,4,6,16H2,(H,18,20)/t9-/m0/s1. The van der Waals surface area contributed by atoms with E-state index in [1.807, 2.05) is 4.57 Å². The molecule has 3 N–H and O–H groups in total. The third-order valence-corrected chi connectivity index (χ3v) is 4.05. The van der Waals surface area contributed by atoms with Gasteiger partial charge in [0.15, 0.2) is 4.77 Å². The highest BCUT2D eigenvalue weighted by Crippen LogP contribution is 2.31. The molecule has 1 aliphatic carbocycles. The molecule has 1 aromatic carbocycles. The van der Waals surface area contributed by atoms with E-state index in [2.05, 4.69) is 10.2 Å². The number of aromatic amines is 1. The molecule has 4 nitrogen and oxygen atoms in total. The summed E-state index contributed by atoms with van der Waals surface area (Å²) in [5.74, 6) is -0.342. The molecule has 0 bridgehead atoms. The predicted octanol–water partition coefficient (Wildman–Crippen LogP) is 2.41. The number of benzene rings is 1. The van der Waals surface area contributed by atoms with Crippen molar-refractivity contribution in [3.8, 4) is 0 Å².